The maximum Gasteiger partial charge on any atom is 0.291 e. The number of nitrogens with one attached hydrogen (secondary N) is 1. The fraction of sp³-hybridized carbons (Fsp3) is 0.176. The SMILES string of the molecule is Cc1nn(Cc2ccc(F)cc2Cl)c(C)c1NC(=O)c1ccc(Br)o1. The van der Waals surface area contributed by atoms with E-state index in [2.05, 4.69) is 26.3 Å². The van der Waals surface area contributed by atoms with Gasteiger partial charge < -0.3 is 9.73 Å². The van der Waals surface area contributed by atoms with Crippen LogP contribution in [-0.2, 0) is 6.54 Å². The highest BCUT2D eigenvalue weighted by molar-refractivity contribution is 9.10. The molecule has 1 amide bonds. The number of nitrogens with zero attached hydrogens (tertiary/aromatic N) is 2. The van der Waals surface area contributed by atoms with Crippen LogP contribution in [0, 0.1) is 19.7 Å². The average molecular weight is 427 g/mol. The predicted molar refractivity (Wildman–Crippen MR) is 96.6 cm³/mol. The number of furan rings is 1. The summed E-state index contributed by atoms with van der Waals surface area (Å²) in [5, 5.41) is 7.57. The van der Waals surface area contributed by atoms with Gasteiger partial charge in [0.05, 0.1) is 23.6 Å². The molecule has 3 aromatic rings. The van der Waals surface area contributed by atoms with Crippen molar-refractivity contribution in [1.82, 2.24) is 9.78 Å². The van der Waals surface area contributed by atoms with Crippen molar-refractivity contribution in [3.8, 4) is 0 Å². The Morgan fingerprint density at radius 2 is 2.12 bits per heavy atom. The van der Waals surface area contributed by atoms with Gasteiger partial charge in [-0.2, -0.15) is 5.10 Å². The fourth-order valence-electron chi connectivity index (χ4n) is 2.45. The number of aromatic nitrogens is 2. The van der Waals surface area contributed by atoms with Gasteiger partial charge in [0.15, 0.2) is 10.4 Å². The maximum atomic E-state index is 13.2. The molecule has 8 heteroatoms. The number of halogens is 3. The van der Waals surface area contributed by atoms with Crippen LogP contribution in [0.3, 0.4) is 0 Å². The molecule has 130 valence electrons. The van der Waals surface area contributed by atoms with E-state index in [0.29, 0.717) is 27.6 Å². The van der Waals surface area contributed by atoms with Crippen molar-refractivity contribution in [1.29, 1.82) is 0 Å². The van der Waals surface area contributed by atoms with Crippen LogP contribution in [0.25, 0.3) is 0 Å². The highest BCUT2D eigenvalue weighted by atomic mass is 79.9. The molecule has 0 spiro atoms. The van der Waals surface area contributed by atoms with Crippen molar-refractivity contribution >= 4 is 39.1 Å². The first-order valence-corrected chi connectivity index (χ1v) is 8.57. The molecule has 0 atom stereocenters. The summed E-state index contributed by atoms with van der Waals surface area (Å²) in [7, 11) is 0. The third kappa shape index (κ3) is 3.77. The molecule has 2 aromatic heterocycles. The number of hydrogen-bond acceptors (Lipinski definition) is 3. The Labute approximate surface area is 156 Å². The highest BCUT2D eigenvalue weighted by Gasteiger charge is 2.18. The van der Waals surface area contributed by atoms with Crippen molar-refractivity contribution < 1.29 is 13.6 Å². The van der Waals surface area contributed by atoms with E-state index in [4.69, 9.17) is 16.0 Å². The molecule has 0 aliphatic carbocycles. The first kappa shape index (κ1) is 17.7. The first-order chi connectivity index (χ1) is 11.8. The average Bonchev–Trinajstić information content (AvgIpc) is 3.09. The van der Waals surface area contributed by atoms with Crippen molar-refractivity contribution in [3.63, 3.8) is 0 Å². The second-order valence-corrected chi connectivity index (χ2v) is 6.69. The van der Waals surface area contributed by atoms with E-state index < -0.39 is 0 Å². The van der Waals surface area contributed by atoms with Crippen LogP contribution in [0.4, 0.5) is 10.1 Å². The van der Waals surface area contributed by atoms with E-state index in [1.165, 1.54) is 12.1 Å². The van der Waals surface area contributed by atoms with E-state index in [1.54, 1.807) is 29.8 Å². The number of rotatable bonds is 4. The topological polar surface area (TPSA) is 60.1 Å². The zero-order valence-electron chi connectivity index (χ0n) is 13.4. The summed E-state index contributed by atoms with van der Waals surface area (Å²) in [6, 6.07) is 7.46. The number of aryl methyl sites for hydroxylation is 1. The Hall–Kier alpha value is -2.12. The van der Waals surface area contributed by atoms with Crippen LogP contribution in [0.2, 0.25) is 5.02 Å². The zero-order chi connectivity index (χ0) is 18.1. The Bertz CT molecular complexity index is 952. The minimum Gasteiger partial charge on any atom is -0.444 e. The van der Waals surface area contributed by atoms with Gasteiger partial charge >= 0.3 is 0 Å². The molecule has 0 saturated heterocycles. The molecule has 0 aliphatic rings. The number of hydrogen-bond donors (Lipinski definition) is 1. The van der Waals surface area contributed by atoms with Gasteiger partial charge in [0.1, 0.15) is 5.82 Å². The summed E-state index contributed by atoms with van der Waals surface area (Å²) in [5.74, 6) is -0.559. The number of carbonyl (C=O) groups is 1. The van der Waals surface area contributed by atoms with Crippen LogP contribution in [0.1, 0.15) is 27.5 Å². The number of anilines is 1. The van der Waals surface area contributed by atoms with Gasteiger partial charge in [0.2, 0.25) is 0 Å². The van der Waals surface area contributed by atoms with Gasteiger partial charge in [-0.25, -0.2) is 4.39 Å². The molecule has 1 N–H and O–H groups in total. The fourth-order valence-corrected chi connectivity index (χ4v) is 2.99. The lowest BCUT2D eigenvalue weighted by molar-refractivity contribution is 0.0995. The van der Waals surface area contributed by atoms with E-state index in [9.17, 15) is 9.18 Å². The van der Waals surface area contributed by atoms with Crippen molar-refractivity contribution in [2.75, 3.05) is 5.32 Å². The summed E-state index contributed by atoms with van der Waals surface area (Å²) in [5.41, 5.74) is 2.77. The Morgan fingerprint density at radius 3 is 2.76 bits per heavy atom. The van der Waals surface area contributed by atoms with Gasteiger partial charge in [0.25, 0.3) is 5.91 Å². The molecule has 5 nitrogen and oxygen atoms in total. The molecule has 2 heterocycles. The van der Waals surface area contributed by atoms with Gasteiger partial charge in [-0.05, 0) is 59.6 Å². The molecular formula is C17H14BrClFN3O2. The maximum absolute atomic E-state index is 13.2. The van der Waals surface area contributed by atoms with Crippen LogP contribution >= 0.6 is 27.5 Å². The largest absolute Gasteiger partial charge is 0.444 e. The first-order valence-electron chi connectivity index (χ1n) is 7.40. The third-order valence-electron chi connectivity index (χ3n) is 3.75. The summed E-state index contributed by atoms with van der Waals surface area (Å²) < 4.78 is 20.6. The standard InChI is InChI=1S/C17H14BrClFN3O2/c1-9-16(21-17(24)14-5-6-15(18)25-14)10(2)23(22-9)8-11-3-4-12(20)7-13(11)19/h3-7H,8H2,1-2H3,(H,21,24). The number of benzene rings is 1. The van der Waals surface area contributed by atoms with Gasteiger partial charge in [0, 0.05) is 5.02 Å². The lowest BCUT2D eigenvalue weighted by Crippen LogP contribution is -2.12. The Kier molecular flexibility index (Phi) is 4.96. The molecule has 0 aliphatic heterocycles. The van der Waals surface area contributed by atoms with E-state index in [-0.39, 0.29) is 17.5 Å². The number of amides is 1. The summed E-state index contributed by atoms with van der Waals surface area (Å²) in [6.45, 7) is 4.00. The van der Waals surface area contributed by atoms with E-state index >= 15 is 0 Å². The molecule has 25 heavy (non-hydrogen) atoms. The molecule has 3 rings (SSSR count). The normalized spacial score (nSPS) is 10.9. The molecule has 0 bridgehead atoms. The Morgan fingerprint density at radius 1 is 1.36 bits per heavy atom. The van der Waals surface area contributed by atoms with Gasteiger partial charge in [-0.1, -0.05) is 17.7 Å². The second-order valence-electron chi connectivity index (χ2n) is 5.50. The second kappa shape index (κ2) is 7.01. The zero-order valence-corrected chi connectivity index (χ0v) is 15.8. The van der Waals surface area contributed by atoms with Gasteiger partial charge in [-0.15, -0.1) is 0 Å². The van der Waals surface area contributed by atoms with Gasteiger partial charge in [-0.3, -0.25) is 9.48 Å². The summed E-state index contributed by atoms with van der Waals surface area (Å²) >= 11 is 9.24. The van der Waals surface area contributed by atoms with E-state index in [0.717, 1.165) is 11.3 Å². The van der Waals surface area contributed by atoms with Crippen LogP contribution in [-0.4, -0.2) is 15.7 Å². The quantitative estimate of drug-likeness (QED) is 0.642. The van der Waals surface area contributed by atoms with Crippen LogP contribution < -0.4 is 5.32 Å². The minimum atomic E-state index is -0.389. The Balaban J connectivity index is 1.84. The monoisotopic (exact) mass is 425 g/mol. The van der Waals surface area contributed by atoms with Crippen LogP contribution in [0.15, 0.2) is 39.4 Å². The third-order valence-corrected chi connectivity index (χ3v) is 4.53. The van der Waals surface area contributed by atoms with E-state index in [1.807, 2.05) is 6.92 Å². The van der Waals surface area contributed by atoms with Crippen molar-refractivity contribution in [3.05, 3.63) is 68.6 Å². The number of carbonyl (C=O) groups excluding carboxylic acids is 1. The van der Waals surface area contributed by atoms with Crippen molar-refractivity contribution in [2.24, 2.45) is 0 Å². The lowest BCUT2D eigenvalue weighted by Gasteiger charge is -2.08. The molecule has 0 unspecified atom stereocenters. The predicted octanol–water partition coefficient (Wildman–Crippen LogP) is 4.95. The molecule has 0 saturated carbocycles. The lowest BCUT2D eigenvalue weighted by atomic mass is 10.2. The highest BCUT2D eigenvalue weighted by Crippen LogP contribution is 2.24. The van der Waals surface area contributed by atoms with Crippen molar-refractivity contribution in [2.45, 2.75) is 20.4 Å². The molecule has 0 fully saturated rings. The smallest absolute Gasteiger partial charge is 0.291 e. The molecular weight excluding hydrogens is 413 g/mol. The minimum absolute atomic E-state index is 0.194. The summed E-state index contributed by atoms with van der Waals surface area (Å²) in [4.78, 5) is 12.3. The molecule has 1 aromatic carbocycles. The molecule has 0 radical (unpaired) electrons. The van der Waals surface area contributed by atoms with Crippen LogP contribution in [0.5, 0.6) is 0 Å². The summed E-state index contributed by atoms with van der Waals surface area (Å²) in [6.07, 6.45) is 0.